The summed E-state index contributed by atoms with van der Waals surface area (Å²) in [5, 5.41) is 20.9. The number of aliphatic imine (C=N–C) groups is 1. The number of nitrogens with zero attached hydrogens (tertiary/aromatic N) is 2. The molecule has 3 N–H and O–H groups in total. The quantitative estimate of drug-likeness (QED) is 0.214. The number of ether oxygens (including phenoxy) is 1. The minimum Gasteiger partial charge on any atom is -0.439 e. The number of aromatic nitrogens is 1. The zero-order valence-electron chi connectivity index (χ0n) is 17.3. The van der Waals surface area contributed by atoms with Crippen LogP contribution in [0.3, 0.4) is 0 Å². The Balaban J connectivity index is 0.00000341. The fourth-order valence-corrected chi connectivity index (χ4v) is 3.44. The van der Waals surface area contributed by atoms with Crippen LogP contribution in [0.5, 0.6) is 11.6 Å². The molecule has 166 valence electrons. The van der Waals surface area contributed by atoms with Crippen molar-refractivity contribution in [3.05, 3.63) is 76.4 Å². The monoisotopic (exact) mass is 556 g/mol. The standard InChI is InChI=1S/C22H25FN4O2S.HI/c1-3-24-21(27-15-22(2,28)17-9-10-30-14-17)26-13-16-7-8-20(25-12-16)29-19-6-4-5-18(23)11-19;/h4-12,14,28H,3,13,15H2,1-2H3,(H2,24,26,27);1H. The smallest absolute Gasteiger partial charge is 0.219 e. The van der Waals surface area contributed by atoms with E-state index in [-0.39, 0.29) is 29.8 Å². The van der Waals surface area contributed by atoms with Crippen molar-refractivity contribution in [3.63, 3.8) is 0 Å². The van der Waals surface area contributed by atoms with Crippen LogP contribution in [-0.2, 0) is 12.1 Å². The van der Waals surface area contributed by atoms with Gasteiger partial charge in [0.25, 0.3) is 0 Å². The third-order valence-electron chi connectivity index (χ3n) is 4.32. The molecule has 9 heteroatoms. The van der Waals surface area contributed by atoms with E-state index in [0.717, 1.165) is 11.1 Å². The van der Waals surface area contributed by atoms with Crippen LogP contribution < -0.4 is 15.4 Å². The number of rotatable bonds is 8. The molecule has 2 heterocycles. The van der Waals surface area contributed by atoms with E-state index in [9.17, 15) is 9.50 Å². The van der Waals surface area contributed by atoms with Crippen molar-refractivity contribution >= 4 is 41.3 Å². The fraction of sp³-hybridized carbons (Fsp3) is 0.273. The zero-order chi connectivity index (χ0) is 21.4. The molecule has 3 aromatic rings. The van der Waals surface area contributed by atoms with Gasteiger partial charge in [-0.2, -0.15) is 11.3 Å². The van der Waals surface area contributed by atoms with E-state index >= 15 is 0 Å². The van der Waals surface area contributed by atoms with Gasteiger partial charge in [0, 0.05) is 24.9 Å². The molecule has 0 fully saturated rings. The van der Waals surface area contributed by atoms with Crippen LogP contribution >= 0.6 is 35.3 Å². The molecule has 0 aliphatic carbocycles. The molecule has 0 aliphatic rings. The molecule has 0 saturated heterocycles. The SMILES string of the molecule is CCNC(=NCc1ccc(Oc2cccc(F)c2)nc1)NCC(C)(O)c1ccsc1.I. The first-order valence-electron chi connectivity index (χ1n) is 9.62. The van der Waals surface area contributed by atoms with Gasteiger partial charge >= 0.3 is 0 Å². The Morgan fingerprint density at radius 3 is 2.74 bits per heavy atom. The van der Waals surface area contributed by atoms with Crippen molar-refractivity contribution in [2.75, 3.05) is 13.1 Å². The van der Waals surface area contributed by atoms with Gasteiger partial charge in [-0.05, 0) is 53.9 Å². The predicted octanol–water partition coefficient (Wildman–Crippen LogP) is 4.66. The lowest BCUT2D eigenvalue weighted by atomic mass is 9.99. The van der Waals surface area contributed by atoms with Gasteiger partial charge < -0.3 is 20.5 Å². The Bertz CT molecular complexity index is 966. The second-order valence-corrected chi connectivity index (χ2v) is 7.68. The molecular weight excluding hydrogens is 530 g/mol. The molecule has 1 unspecified atom stereocenters. The maximum atomic E-state index is 13.2. The highest BCUT2D eigenvalue weighted by molar-refractivity contribution is 14.0. The lowest BCUT2D eigenvalue weighted by Gasteiger charge is -2.24. The van der Waals surface area contributed by atoms with Gasteiger partial charge in [0.05, 0.1) is 13.1 Å². The molecule has 2 aromatic heterocycles. The Kier molecular flexibility index (Phi) is 9.66. The van der Waals surface area contributed by atoms with Crippen LogP contribution in [0.4, 0.5) is 4.39 Å². The van der Waals surface area contributed by atoms with E-state index in [0.29, 0.717) is 37.2 Å². The maximum absolute atomic E-state index is 13.2. The number of hydrogen-bond donors (Lipinski definition) is 3. The summed E-state index contributed by atoms with van der Waals surface area (Å²) in [7, 11) is 0. The maximum Gasteiger partial charge on any atom is 0.219 e. The highest BCUT2D eigenvalue weighted by Gasteiger charge is 2.23. The summed E-state index contributed by atoms with van der Waals surface area (Å²) in [5.41, 5.74) is 0.769. The number of aliphatic hydroxyl groups is 1. The average molecular weight is 556 g/mol. The van der Waals surface area contributed by atoms with Crippen LogP contribution in [0.1, 0.15) is 25.0 Å². The minimum atomic E-state index is -0.992. The van der Waals surface area contributed by atoms with Crippen LogP contribution in [0.25, 0.3) is 0 Å². The topological polar surface area (TPSA) is 78.8 Å². The molecule has 0 amide bonds. The first kappa shape index (κ1) is 25.0. The van der Waals surface area contributed by atoms with E-state index in [1.165, 1.54) is 12.1 Å². The second kappa shape index (κ2) is 12.0. The summed E-state index contributed by atoms with van der Waals surface area (Å²) in [6, 6.07) is 11.4. The molecule has 31 heavy (non-hydrogen) atoms. The van der Waals surface area contributed by atoms with Crippen LogP contribution in [-0.4, -0.2) is 29.1 Å². The molecule has 0 spiro atoms. The number of benzene rings is 1. The van der Waals surface area contributed by atoms with E-state index in [2.05, 4.69) is 20.6 Å². The lowest BCUT2D eigenvalue weighted by Crippen LogP contribution is -2.44. The van der Waals surface area contributed by atoms with Crippen molar-refractivity contribution in [1.82, 2.24) is 15.6 Å². The van der Waals surface area contributed by atoms with Gasteiger partial charge in [-0.1, -0.05) is 12.1 Å². The molecule has 1 atom stereocenters. The van der Waals surface area contributed by atoms with Gasteiger partial charge in [-0.15, -0.1) is 24.0 Å². The number of nitrogens with one attached hydrogen (secondary N) is 2. The van der Waals surface area contributed by atoms with Gasteiger partial charge in [-0.3, -0.25) is 0 Å². The second-order valence-electron chi connectivity index (χ2n) is 6.90. The summed E-state index contributed by atoms with van der Waals surface area (Å²) < 4.78 is 18.8. The van der Waals surface area contributed by atoms with Crippen molar-refractivity contribution < 1.29 is 14.2 Å². The summed E-state index contributed by atoms with van der Waals surface area (Å²) >= 11 is 1.55. The van der Waals surface area contributed by atoms with Crippen molar-refractivity contribution in [2.24, 2.45) is 4.99 Å². The summed E-state index contributed by atoms with van der Waals surface area (Å²) in [6.07, 6.45) is 1.67. The largest absolute Gasteiger partial charge is 0.439 e. The Morgan fingerprint density at radius 1 is 1.26 bits per heavy atom. The normalized spacial score (nSPS) is 13.1. The predicted molar refractivity (Wildman–Crippen MR) is 133 cm³/mol. The van der Waals surface area contributed by atoms with Crippen LogP contribution in [0.15, 0.2) is 64.4 Å². The number of halogens is 2. The summed E-state index contributed by atoms with van der Waals surface area (Å²) in [6.45, 7) is 5.18. The third-order valence-corrected chi connectivity index (χ3v) is 5.01. The van der Waals surface area contributed by atoms with E-state index < -0.39 is 5.60 Å². The van der Waals surface area contributed by atoms with Crippen LogP contribution in [0, 0.1) is 5.82 Å². The molecule has 1 aromatic carbocycles. The molecular formula is C22H26FIN4O2S. The average Bonchev–Trinajstić information content (AvgIpc) is 3.27. The van der Waals surface area contributed by atoms with Crippen molar-refractivity contribution in [3.8, 4) is 11.6 Å². The van der Waals surface area contributed by atoms with Gasteiger partial charge in [0.15, 0.2) is 5.96 Å². The lowest BCUT2D eigenvalue weighted by molar-refractivity contribution is 0.0621. The highest BCUT2D eigenvalue weighted by atomic mass is 127. The Hall–Kier alpha value is -2.24. The summed E-state index contributed by atoms with van der Waals surface area (Å²) in [5.74, 6) is 1.02. The van der Waals surface area contributed by atoms with Crippen LogP contribution in [0.2, 0.25) is 0 Å². The first-order valence-corrected chi connectivity index (χ1v) is 10.6. The van der Waals surface area contributed by atoms with Crippen molar-refractivity contribution in [1.29, 1.82) is 0 Å². The third kappa shape index (κ3) is 7.75. The molecule has 0 bridgehead atoms. The number of guanidine groups is 1. The summed E-state index contributed by atoms with van der Waals surface area (Å²) in [4.78, 5) is 8.80. The number of hydrogen-bond acceptors (Lipinski definition) is 5. The Morgan fingerprint density at radius 2 is 2.10 bits per heavy atom. The zero-order valence-corrected chi connectivity index (χ0v) is 20.5. The molecule has 0 saturated carbocycles. The van der Waals surface area contributed by atoms with Gasteiger partial charge in [-0.25, -0.2) is 14.4 Å². The number of thiophene rings is 1. The molecule has 0 aliphatic heterocycles. The van der Waals surface area contributed by atoms with Gasteiger partial charge in [0.1, 0.15) is 17.2 Å². The van der Waals surface area contributed by atoms with E-state index in [1.807, 2.05) is 29.8 Å². The van der Waals surface area contributed by atoms with E-state index in [4.69, 9.17) is 4.74 Å². The molecule has 0 radical (unpaired) electrons. The minimum absolute atomic E-state index is 0. The van der Waals surface area contributed by atoms with Gasteiger partial charge in [0.2, 0.25) is 5.88 Å². The molecule has 6 nitrogen and oxygen atoms in total. The molecule has 3 rings (SSSR count). The van der Waals surface area contributed by atoms with Crippen molar-refractivity contribution in [2.45, 2.75) is 26.0 Å². The highest BCUT2D eigenvalue weighted by Crippen LogP contribution is 2.22. The van der Waals surface area contributed by atoms with E-state index in [1.54, 1.807) is 42.7 Å². The number of pyridine rings is 1. The Labute approximate surface area is 202 Å². The first-order chi connectivity index (χ1) is 14.5. The fourth-order valence-electron chi connectivity index (χ4n) is 2.66.